The smallest absolute Gasteiger partial charge is 0.270 e. The van der Waals surface area contributed by atoms with E-state index in [2.05, 4.69) is 15.4 Å². The van der Waals surface area contributed by atoms with Crippen LogP contribution in [0.25, 0.3) is 10.9 Å². The van der Waals surface area contributed by atoms with Crippen molar-refractivity contribution in [1.82, 2.24) is 24.0 Å². The molecule has 1 fully saturated rings. The maximum atomic E-state index is 13.0. The molecule has 0 bridgehead atoms. The van der Waals surface area contributed by atoms with E-state index in [9.17, 15) is 18.0 Å². The summed E-state index contributed by atoms with van der Waals surface area (Å²) in [5.74, 6) is -0.00579. The highest BCUT2D eigenvalue weighted by Gasteiger charge is 2.30. The van der Waals surface area contributed by atoms with E-state index in [-0.39, 0.29) is 17.7 Å². The quantitative estimate of drug-likeness (QED) is 0.601. The second-order valence-corrected chi connectivity index (χ2v) is 10.6. The standard InChI is InChI=1S/C22H26N6O4S/c1-33(31,32)27-8-6-15(7-9-27)21(29)24-20-13-17-14-26(10-11-28(17)25-20)22(30)19-12-16-4-2-3-5-18(16)23-19/h2-5,12-13,15,23H,6-11,14H2,1H3,(H,24,25,29). The van der Waals surface area contributed by atoms with Crippen molar-refractivity contribution in [1.29, 1.82) is 0 Å². The van der Waals surface area contributed by atoms with Gasteiger partial charge in [-0.1, -0.05) is 18.2 Å². The number of aromatic amines is 1. The second-order valence-electron chi connectivity index (χ2n) is 8.67. The molecule has 0 unspecified atom stereocenters. The van der Waals surface area contributed by atoms with E-state index in [1.807, 2.05) is 35.0 Å². The highest BCUT2D eigenvalue weighted by Crippen LogP contribution is 2.23. The largest absolute Gasteiger partial charge is 0.351 e. The number of sulfonamides is 1. The molecule has 0 atom stereocenters. The van der Waals surface area contributed by atoms with E-state index in [0.29, 0.717) is 57.1 Å². The molecule has 11 heteroatoms. The number of piperidine rings is 1. The first-order valence-corrected chi connectivity index (χ1v) is 12.8. The predicted molar refractivity (Wildman–Crippen MR) is 123 cm³/mol. The minimum absolute atomic E-state index is 0.0677. The van der Waals surface area contributed by atoms with E-state index in [1.54, 1.807) is 11.0 Å². The summed E-state index contributed by atoms with van der Waals surface area (Å²) < 4.78 is 26.5. The fourth-order valence-electron chi connectivity index (χ4n) is 4.54. The molecule has 2 aromatic heterocycles. The van der Waals surface area contributed by atoms with Crippen LogP contribution in [0, 0.1) is 5.92 Å². The van der Waals surface area contributed by atoms with Crippen LogP contribution in [0.15, 0.2) is 36.4 Å². The maximum Gasteiger partial charge on any atom is 0.270 e. The van der Waals surface area contributed by atoms with Crippen molar-refractivity contribution < 1.29 is 18.0 Å². The molecule has 2 N–H and O–H groups in total. The topological polar surface area (TPSA) is 120 Å². The van der Waals surface area contributed by atoms with Crippen molar-refractivity contribution in [2.45, 2.75) is 25.9 Å². The van der Waals surface area contributed by atoms with E-state index in [4.69, 9.17) is 0 Å². The zero-order chi connectivity index (χ0) is 23.2. The lowest BCUT2D eigenvalue weighted by Crippen LogP contribution is -2.40. The van der Waals surface area contributed by atoms with Gasteiger partial charge in [-0.3, -0.25) is 14.3 Å². The zero-order valence-electron chi connectivity index (χ0n) is 18.3. The summed E-state index contributed by atoms with van der Waals surface area (Å²) in [7, 11) is -3.22. The van der Waals surface area contributed by atoms with Crippen LogP contribution in [-0.2, 0) is 27.9 Å². The first-order chi connectivity index (χ1) is 15.8. The van der Waals surface area contributed by atoms with Gasteiger partial charge in [0.25, 0.3) is 5.91 Å². The Morgan fingerprint density at radius 2 is 1.85 bits per heavy atom. The molecule has 174 valence electrons. The van der Waals surface area contributed by atoms with Crippen LogP contribution in [0.1, 0.15) is 29.0 Å². The van der Waals surface area contributed by atoms with Gasteiger partial charge in [0.15, 0.2) is 5.82 Å². The highest BCUT2D eigenvalue weighted by atomic mass is 32.2. The number of hydrogen-bond acceptors (Lipinski definition) is 5. The van der Waals surface area contributed by atoms with Crippen LogP contribution in [0.3, 0.4) is 0 Å². The van der Waals surface area contributed by atoms with Gasteiger partial charge in [-0.15, -0.1) is 0 Å². The molecular formula is C22H26N6O4S. The number of fused-ring (bicyclic) bond motifs is 2. The molecule has 10 nitrogen and oxygen atoms in total. The first kappa shape index (κ1) is 21.7. The Kier molecular flexibility index (Phi) is 5.45. The van der Waals surface area contributed by atoms with Gasteiger partial charge >= 0.3 is 0 Å². The Morgan fingerprint density at radius 1 is 1.09 bits per heavy atom. The summed E-state index contributed by atoms with van der Waals surface area (Å²) in [6, 6.07) is 11.4. The minimum atomic E-state index is -3.22. The van der Waals surface area contributed by atoms with Crippen LogP contribution < -0.4 is 5.32 Å². The van der Waals surface area contributed by atoms with E-state index >= 15 is 0 Å². The van der Waals surface area contributed by atoms with Crippen molar-refractivity contribution >= 4 is 38.6 Å². The summed E-state index contributed by atoms with van der Waals surface area (Å²) in [4.78, 5) is 30.7. The average Bonchev–Trinajstić information content (AvgIpc) is 3.41. The van der Waals surface area contributed by atoms with Crippen LogP contribution in [0.5, 0.6) is 0 Å². The van der Waals surface area contributed by atoms with E-state index in [1.165, 1.54) is 10.6 Å². The van der Waals surface area contributed by atoms with Gasteiger partial charge in [-0.05, 0) is 25.0 Å². The van der Waals surface area contributed by atoms with Crippen LogP contribution in [0.4, 0.5) is 5.82 Å². The molecule has 33 heavy (non-hydrogen) atoms. The molecule has 0 saturated carbocycles. The van der Waals surface area contributed by atoms with Gasteiger partial charge in [-0.25, -0.2) is 12.7 Å². The van der Waals surface area contributed by atoms with Gasteiger partial charge in [0.1, 0.15) is 5.69 Å². The van der Waals surface area contributed by atoms with Crippen LogP contribution in [0.2, 0.25) is 0 Å². The highest BCUT2D eigenvalue weighted by molar-refractivity contribution is 7.88. The number of nitrogens with one attached hydrogen (secondary N) is 2. The van der Waals surface area contributed by atoms with Crippen molar-refractivity contribution in [3.63, 3.8) is 0 Å². The van der Waals surface area contributed by atoms with E-state index < -0.39 is 10.0 Å². The van der Waals surface area contributed by atoms with Crippen molar-refractivity contribution in [2.75, 3.05) is 31.2 Å². The van der Waals surface area contributed by atoms with Crippen molar-refractivity contribution in [3.05, 3.63) is 47.8 Å². The molecule has 2 amide bonds. The molecule has 1 aromatic carbocycles. The number of rotatable bonds is 4. The molecule has 2 aliphatic rings. The Hall–Kier alpha value is -3.18. The number of para-hydroxylation sites is 1. The summed E-state index contributed by atoms with van der Waals surface area (Å²) in [6.45, 7) is 2.18. The molecule has 4 heterocycles. The number of benzene rings is 1. The molecule has 1 saturated heterocycles. The number of aromatic nitrogens is 3. The average molecular weight is 471 g/mol. The Morgan fingerprint density at radius 3 is 2.58 bits per heavy atom. The lowest BCUT2D eigenvalue weighted by molar-refractivity contribution is -0.120. The minimum Gasteiger partial charge on any atom is -0.351 e. The van der Waals surface area contributed by atoms with Crippen LogP contribution >= 0.6 is 0 Å². The van der Waals surface area contributed by atoms with Gasteiger partial charge in [-0.2, -0.15) is 5.10 Å². The Balaban J connectivity index is 1.22. The molecule has 2 aliphatic heterocycles. The monoisotopic (exact) mass is 470 g/mol. The number of amides is 2. The Bertz CT molecular complexity index is 1290. The van der Waals surface area contributed by atoms with Gasteiger partial charge in [0.2, 0.25) is 15.9 Å². The third kappa shape index (κ3) is 4.38. The summed E-state index contributed by atoms with van der Waals surface area (Å²) in [5.41, 5.74) is 2.33. The van der Waals surface area contributed by atoms with Gasteiger partial charge in [0, 0.05) is 42.5 Å². The normalized spacial score (nSPS) is 17.8. The number of nitrogens with zero attached hydrogens (tertiary/aromatic N) is 4. The lowest BCUT2D eigenvalue weighted by atomic mass is 9.97. The van der Waals surface area contributed by atoms with Crippen molar-refractivity contribution in [2.24, 2.45) is 5.92 Å². The molecule has 5 rings (SSSR count). The summed E-state index contributed by atoms with van der Waals surface area (Å²) in [5, 5.41) is 8.34. The van der Waals surface area contributed by atoms with E-state index in [0.717, 1.165) is 16.6 Å². The SMILES string of the molecule is CS(=O)(=O)N1CCC(C(=O)Nc2cc3n(n2)CCN(C(=O)c2cc4ccccc4[nH]2)C3)CC1. The van der Waals surface area contributed by atoms with Gasteiger partial charge < -0.3 is 15.2 Å². The summed E-state index contributed by atoms with van der Waals surface area (Å²) >= 11 is 0. The Labute approximate surface area is 191 Å². The number of carbonyl (C=O) groups is 2. The fourth-order valence-corrected chi connectivity index (χ4v) is 5.41. The van der Waals surface area contributed by atoms with Crippen molar-refractivity contribution in [3.8, 4) is 0 Å². The van der Waals surface area contributed by atoms with Gasteiger partial charge in [0.05, 0.1) is 25.0 Å². The second kappa shape index (κ2) is 8.31. The van der Waals surface area contributed by atoms with Crippen LogP contribution in [-0.4, -0.2) is 70.1 Å². The molecule has 0 aliphatic carbocycles. The predicted octanol–water partition coefficient (Wildman–Crippen LogP) is 1.63. The lowest BCUT2D eigenvalue weighted by Gasteiger charge is -2.29. The number of hydrogen-bond donors (Lipinski definition) is 2. The number of H-pyrrole nitrogens is 1. The number of carbonyl (C=O) groups excluding carboxylic acids is 2. The molecule has 0 spiro atoms. The summed E-state index contributed by atoms with van der Waals surface area (Å²) in [6.07, 6.45) is 2.16. The maximum absolute atomic E-state index is 13.0. The molecule has 0 radical (unpaired) electrons. The third-order valence-electron chi connectivity index (χ3n) is 6.39. The number of anilines is 1. The first-order valence-electron chi connectivity index (χ1n) is 11.0. The zero-order valence-corrected chi connectivity index (χ0v) is 19.1. The molecule has 3 aromatic rings. The molecular weight excluding hydrogens is 444 g/mol. The fraction of sp³-hybridized carbons (Fsp3) is 0.409. The third-order valence-corrected chi connectivity index (χ3v) is 7.69.